The fourth-order valence-electron chi connectivity index (χ4n) is 3.47. The molecule has 1 saturated carbocycles. The van der Waals surface area contributed by atoms with E-state index in [1.54, 1.807) is 0 Å². The molecule has 1 aliphatic heterocycles. The van der Waals surface area contributed by atoms with Crippen LogP contribution in [0, 0.1) is 5.41 Å². The molecular formula is C15H21BrN2O2. The van der Waals surface area contributed by atoms with Gasteiger partial charge >= 0.3 is 0 Å². The second kappa shape index (κ2) is 6.00. The molecule has 1 aromatic rings. The lowest BCUT2D eigenvalue weighted by Crippen LogP contribution is -2.63. The van der Waals surface area contributed by atoms with Crippen molar-refractivity contribution in [3.63, 3.8) is 0 Å². The third-order valence-electron chi connectivity index (χ3n) is 4.62. The smallest absolute Gasteiger partial charge is 0.127 e. The molecule has 3 rings (SSSR count). The number of hydrogen-bond donors (Lipinski definition) is 1. The van der Waals surface area contributed by atoms with Crippen molar-refractivity contribution in [1.82, 2.24) is 4.98 Å². The van der Waals surface area contributed by atoms with Crippen LogP contribution in [0.5, 0.6) is 0 Å². The molecular weight excluding hydrogens is 320 g/mol. The third kappa shape index (κ3) is 2.59. The third-order valence-corrected chi connectivity index (χ3v) is 5.11. The van der Waals surface area contributed by atoms with Crippen LogP contribution in [0.25, 0.3) is 0 Å². The van der Waals surface area contributed by atoms with Crippen LogP contribution in [-0.2, 0) is 9.47 Å². The summed E-state index contributed by atoms with van der Waals surface area (Å²) in [5, 5.41) is 3.59. The van der Waals surface area contributed by atoms with Gasteiger partial charge in [0, 0.05) is 41.9 Å². The summed E-state index contributed by atoms with van der Waals surface area (Å²) in [6, 6.07) is 4.41. The topological polar surface area (TPSA) is 43.4 Å². The van der Waals surface area contributed by atoms with E-state index in [0.717, 1.165) is 49.4 Å². The van der Waals surface area contributed by atoms with Crippen molar-refractivity contribution in [3.05, 3.63) is 22.8 Å². The lowest BCUT2D eigenvalue weighted by molar-refractivity contribution is -0.159. The van der Waals surface area contributed by atoms with Crippen LogP contribution in [-0.4, -0.2) is 37.0 Å². The lowest BCUT2D eigenvalue weighted by atomic mass is 9.57. The van der Waals surface area contributed by atoms with Gasteiger partial charge in [0.1, 0.15) is 5.82 Å². The molecule has 5 heteroatoms. The number of nitrogens with zero attached hydrogens (tertiary/aromatic N) is 1. The first kappa shape index (κ1) is 14.3. The minimum atomic E-state index is 0.220. The minimum absolute atomic E-state index is 0.220. The number of pyridine rings is 1. The number of nitrogens with one attached hydrogen (secondary N) is 1. The average Bonchev–Trinajstić information content (AvgIpc) is 2.47. The highest BCUT2D eigenvalue weighted by Gasteiger charge is 2.56. The highest BCUT2D eigenvalue weighted by molar-refractivity contribution is 9.10. The number of hydrogen-bond acceptors (Lipinski definition) is 4. The summed E-state index contributed by atoms with van der Waals surface area (Å²) in [4.78, 5) is 4.40. The normalized spacial score (nSPS) is 28.1. The first-order chi connectivity index (χ1) is 9.74. The summed E-state index contributed by atoms with van der Waals surface area (Å²) in [6.45, 7) is 4.54. The second-order valence-electron chi connectivity index (χ2n) is 5.58. The van der Waals surface area contributed by atoms with Crippen LogP contribution in [0.15, 0.2) is 22.8 Å². The first-order valence-electron chi connectivity index (χ1n) is 7.32. The van der Waals surface area contributed by atoms with Gasteiger partial charge in [-0.05, 0) is 38.3 Å². The predicted molar refractivity (Wildman–Crippen MR) is 81.9 cm³/mol. The maximum atomic E-state index is 5.94. The Morgan fingerprint density at radius 1 is 1.50 bits per heavy atom. The molecule has 1 aliphatic carbocycles. The average molecular weight is 341 g/mol. The Kier molecular flexibility index (Phi) is 4.29. The maximum absolute atomic E-state index is 5.94. The van der Waals surface area contributed by atoms with Crippen molar-refractivity contribution in [1.29, 1.82) is 0 Å². The van der Waals surface area contributed by atoms with E-state index in [1.807, 2.05) is 18.3 Å². The van der Waals surface area contributed by atoms with Gasteiger partial charge in [0.05, 0.1) is 6.10 Å². The Bertz CT molecular complexity index is 463. The van der Waals surface area contributed by atoms with Gasteiger partial charge in [-0.25, -0.2) is 4.98 Å². The van der Waals surface area contributed by atoms with E-state index >= 15 is 0 Å². The summed E-state index contributed by atoms with van der Waals surface area (Å²) in [7, 11) is 0. The van der Waals surface area contributed by atoms with Crippen LogP contribution >= 0.6 is 15.9 Å². The highest BCUT2D eigenvalue weighted by atomic mass is 79.9. The van der Waals surface area contributed by atoms with Gasteiger partial charge in [-0.15, -0.1) is 0 Å². The molecule has 4 nitrogen and oxygen atoms in total. The van der Waals surface area contributed by atoms with Crippen LogP contribution in [0.2, 0.25) is 0 Å². The highest BCUT2D eigenvalue weighted by Crippen LogP contribution is 2.51. The van der Waals surface area contributed by atoms with E-state index in [2.05, 4.69) is 33.2 Å². The molecule has 0 amide bonds. The van der Waals surface area contributed by atoms with Crippen molar-refractivity contribution in [3.8, 4) is 0 Å². The van der Waals surface area contributed by atoms with Crippen molar-refractivity contribution in [2.75, 3.05) is 25.1 Å². The van der Waals surface area contributed by atoms with Crippen LogP contribution in [0.1, 0.15) is 26.2 Å². The molecule has 1 spiro atoms. The molecule has 2 heterocycles. The fourth-order valence-corrected chi connectivity index (χ4v) is 3.80. The molecule has 0 aromatic carbocycles. The maximum Gasteiger partial charge on any atom is 0.127 e. The molecule has 1 aromatic heterocycles. The summed E-state index contributed by atoms with van der Waals surface area (Å²) in [5.74, 6) is 0.935. The summed E-state index contributed by atoms with van der Waals surface area (Å²) in [6.07, 6.45) is 5.39. The molecule has 2 fully saturated rings. The first-order valence-corrected chi connectivity index (χ1v) is 8.11. The molecule has 20 heavy (non-hydrogen) atoms. The number of halogens is 1. The van der Waals surface area contributed by atoms with Crippen LogP contribution in [0.4, 0.5) is 5.82 Å². The van der Waals surface area contributed by atoms with Crippen LogP contribution in [0.3, 0.4) is 0 Å². The number of rotatable bonds is 4. The zero-order chi connectivity index (χ0) is 14.0. The van der Waals surface area contributed by atoms with E-state index in [1.165, 1.54) is 0 Å². The molecule has 1 N–H and O–H groups in total. The standard InChI is InChI=1S/C15H21BrN2O2/c1-2-20-13-10-12(15(13)4-7-19-8-5-15)18-14-9-11(16)3-6-17-14/h3,6,9,12-13H,2,4-5,7-8,10H2,1H3,(H,17,18)/t12-,13-/m1/s1. The number of aromatic nitrogens is 1. The molecule has 2 atom stereocenters. The Morgan fingerprint density at radius 3 is 3.00 bits per heavy atom. The van der Waals surface area contributed by atoms with E-state index < -0.39 is 0 Å². The van der Waals surface area contributed by atoms with E-state index in [4.69, 9.17) is 9.47 Å². The van der Waals surface area contributed by atoms with Crippen molar-refractivity contribution >= 4 is 21.7 Å². The Hall–Kier alpha value is -0.650. The number of ether oxygens (including phenoxy) is 2. The lowest BCUT2D eigenvalue weighted by Gasteiger charge is -2.57. The van der Waals surface area contributed by atoms with Gasteiger partial charge in [-0.3, -0.25) is 0 Å². The quantitative estimate of drug-likeness (QED) is 0.913. The zero-order valence-electron chi connectivity index (χ0n) is 11.8. The molecule has 110 valence electrons. The number of anilines is 1. The van der Waals surface area contributed by atoms with Crippen molar-refractivity contribution < 1.29 is 9.47 Å². The van der Waals surface area contributed by atoms with Gasteiger partial charge in [0.15, 0.2) is 0 Å². The Balaban J connectivity index is 1.73. The Labute approximate surface area is 128 Å². The van der Waals surface area contributed by atoms with Gasteiger partial charge in [0.25, 0.3) is 0 Å². The summed E-state index contributed by atoms with van der Waals surface area (Å²) < 4.78 is 12.5. The van der Waals surface area contributed by atoms with Gasteiger partial charge < -0.3 is 14.8 Å². The van der Waals surface area contributed by atoms with Crippen LogP contribution < -0.4 is 5.32 Å². The monoisotopic (exact) mass is 340 g/mol. The summed E-state index contributed by atoms with van der Waals surface area (Å²) >= 11 is 3.49. The molecule has 1 saturated heterocycles. The predicted octanol–water partition coefficient (Wildman–Crippen LogP) is 3.23. The van der Waals surface area contributed by atoms with Crippen molar-refractivity contribution in [2.24, 2.45) is 5.41 Å². The van der Waals surface area contributed by atoms with Gasteiger partial charge in [-0.2, -0.15) is 0 Å². The molecule has 2 aliphatic rings. The Morgan fingerprint density at radius 2 is 2.30 bits per heavy atom. The minimum Gasteiger partial charge on any atom is -0.381 e. The van der Waals surface area contributed by atoms with Gasteiger partial charge in [-0.1, -0.05) is 15.9 Å². The van der Waals surface area contributed by atoms with E-state index in [-0.39, 0.29) is 5.41 Å². The van der Waals surface area contributed by atoms with Gasteiger partial charge in [0.2, 0.25) is 0 Å². The zero-order valence-corrected chi connectivity index (χ0v) is 13.4. The molecule has 0 unspecified atom stereocenters. The van der Waals surface area contributed by atoms with E-state index in [0.29, 0.717) is 12.1 Å². The SMILES string of the molecule is CCO[C@@H]1C[C@@H](Nc2cc(Br)ccn2)C12CCOCC2. The molecule has 0 radical (unpaired) electrons. The van der Waals surface area contributed by atoms with E-state index in [9.17, 15) is 0 Å². The second-order valence-corrected chi connectivity index (χ2v) is 6.50. The van der Waals surface area contributed by atoms with Crippen molar-refractivity contribution in [2.45, 2.75) is 38.3 Å². The summed E-state index contributed by atoms with van der Waals surface area (Å²) in [5.41, 5.74) is 0.220. The molecule has 0 bridgehead atoms. The fraction of sp³-hybridized carbons (Fsp3) is 0.667. The largest absolute Gasteiger partial charge is 0.381 e.